The van der Waals surface area contributed by atoms with Gasteiger partial charge in [0.25, 0.3) is 0 Å². The van der Waals surface area contributed by atoms with Crippen LogP contribution in [0.2, 0.25) is 10.0 Å². The van der Waals surface area contributed by atoms with E-state index in [1.807, 2.05) is 0 Å². The highest BCUT2D eigenvalue weighted by Crippen LogP contribution is 2.35. The molecule has 1 aromatic carbocycles. The van der Waals surface area contributed by atoms with Gasteiger partial charge in [-0.2, -0.15) is 0 Å². The number of fused-ring (bicyclic) bond motifs is 1. The van der Waals surface area contributed by atoms with Crippen LogP contribution < -0.4 is 5.76 Å². The van der Waals surface area contributed by atoms with Crippen molar-refractivity contribution in [3.05, 3.63) is 31.1 Å². The molecule has 0 saturated heterocycles. The molecule has 0 spiro atoms. The van der Waals surface area contributed by atoms with E-state index in [0.717, 1.165) is 0 Å². The third kappa shape index (κ3) is 1.39. The molecule has 0 atom stereocenters. The van der Waals surface area contributed by atoms with Gasteiger partial charge >= 0.3 is 5.76 Å². The first-order valence-electron chi connectivity index (χ1n) is 3.26. The summed E-state index contributed by atoms with van der Waals surface area (Å²) in [6, 6.07) is 1.63. The first-order chi connectivity index (χ1) is 6.09. The summed E-state index contributed by atoms with van der Waals surface area (Å²) in [5.74, 6) is -0.550. The third-order valence-corrected chi connectivity index (χ3v) is 3.25. The zero-order chi connectivity index (χ0) is 9.59. The summed E-state index contributed by atoms with van der Waals surface area (Å²) in [6.07, 6.45) is 0. The first kappa shape index (κ1) is 9.12. The fraction of sp³-hybridized carbons (Fsp3) is 0. The number of aromatic amines is 1. The predicted octanol–water partition coefficient (Wildman–Crippen LogP) is 3.19. The summed E-state index contributed by atoms with van der Waals surface area (Å²) in [6.45, 7) is 0. The lowest BCUT2D eigenvalue weighted by Crippen LogP contribution is -1.92. The van der Waals surface area contributed by atoms with E-state index in [1.165, 1.54) is 0 Å². The van der Waals surface area contributed by atoms with Gasteiger partial charge in [-0.3, -0.25) is 4.98 Å². The Bertz CT molecular complexity index is 531. The monoisotopic (exact) mass is 281 g/mol. The smallest absolute Gasteiger partial charge is 0.406 e. The molecule has 0 unspecified atom stereocenters. The van der Waals surface area contributed by atoms with Crippen LogP contribution >= 0.6 is 39.1 Å². The van der Waals surface area contributed by atoms with Crippen molar-refractivity contribution in [1.82, 2.24) is 4.98 Å². The molecule has 2 rings (SSSR count). The number of aromatic nitrogens is 1. The minimum atomic E-state index is -0.550. The maximum Gasteiger partial charge on any atom is 0.417 e. The average Bonchev–Trinajstić information content (AvgIpc) is 2.42. The SMILES string of the molecule is O=c1[nH]c2cc(Br)c(Cl)c(Cl)c2o1. The van der Waals surface area contributed by atoms with E-state index < -0.39 is 5.76 Å². The molecular formula is C7H2BrCl2NO2. The zero-order valence-electron chi connectivity index (χ0n) is 6.03. The van der Waals surface area contributed by atoms with Gasteiger partial charge in [-0.25, -0.2) is 4.79 Å². The molecule has 0 bridgehead atoms. The molecule has 3 nitrogen and oxygen atoms in total. The Morgan fingerprint density at radius 3 is 2.77 bits per heavy atom. The number of nitrogens with one attached hydrogen (secondary N) is 1. The van der Waals surface area contributed by atoms with Crippen LogP contribution in [0.3, 0.4) is 0 Å². The molecule has 68 valence electrons. The summed E-state index contributed by atoms with van der Waals surface area (Å²) in [5, 5.41) is 0.557. The van der Waals surface area contributed by atoms with Crippen molar-refractivity contribution in [3.63, 3.8) is 0 Å². The lowest BCUT2D eigenvalue weighted by Gasteiger charge is -1.97. The molecule has 13 heavy (non-hydrogen) atoms. The van der Waals surface area contributed by atoms with Crippen LogP contribution in [0.1, 0.15) is 0 Å². The number of rotatable bonds is 0. The maximum absolute atomic E-state index is 10.8. The average molecular weight is 283 g/mol. The van der Waals surface area contributed by atoms with Crippen LogP contribution in [-0.2, 0) is 0 Å². The van der Waals surface area contributed by atoms with Crippen molar-refractivity contribution in [2.75, 3.05) is 0 Å². The summed E-state index contributed by atoms with van der Waals surface area (Å²) in [7, 11) is 0. The molecule has 0 radical (unpaired) electrons. The van der Waals surface area contributed by atoms with E-state index in [2.05, 4.69) is 20.9 Å². The molecule has 6 heteroatoms. The quantitative estimate of drug-likeness (QED) is 0.755. The van der Waals surface area contributed by atoms with Crippen LogP contribution in [0.25, 0.3) is 11.1 Å². The van der Waals surface area contributed by atoms with Gasteiger partial charge < -0.3 is 4.42 Å². The summed E-state index contributed by atoms with van der Waals surface area (Å²) in [4.78, 5) is 13.3. The van der Waals surface area contributed by atoms with E-state index in [0.29, 0.717) is 15.0 Å². The van der Waals surface area contributed by atoms with Gasteiger partial charge in [0.15, 0.2) is 5.58 Å². The maximum atomic E-state index is 10.8. The largest absolute Gasteiger partial charge is 0.417 e. The standard InChI is InChI=1S/C7H2BrCl2NO2/c8-2-1-3-6(5(10)4(2)9)13-7(12)11-3/h1H,(H,11,12). The van der Waals surface area contributed by atoms with Crippen LogP contribution in [0, 0.1) is 0 Å². The topological polar surface area (TPSA) is 46.0 Å². The number of hydrogen-bond acceptors (Lipinski definition) is 2. The summed E-state index contributed by atoms with van der Waals surface area (Å²) < 4.78 is 5.40. The van der Waals surface area contributed by atoms with E-state index in [-0.39, 0.29) is 10.6 Å². The van der Waals surface area contributed by atoms with Crippen LogP contribution in [0.4, 0.5) is 0 Å². The Morgan fingerprint density at radius 2 is 2.08 bits per heavy atom. The lowest BCUT2D eigenvalue weighted by molar-refractivity contribution is 0.555. The van der Waals surface area contributed by atoms with Crippen LogP contribution in [0.5, 0.6) is 0 Å². The van der Waals surface area contributed by atoms with Crippen LogP contribution in [0.15, 0.2) is 19.8 Å². The zero-order valence-corrected chi connectivity index (χ0v) is 9.13. The van der Waals surface area contributed by atoms with E-state index in [9.17, 15) is 4.79 Å². The second-order valence-electron chi connectivity index (χ2n) is 2.38. The number of benzene rings is 1. The van der Waals surface area contributed by atoms with Crippen molar-refractivity contribution < 1.29 is 4.42 Å². The van der Waals surface area contributed by atoms with Crippen LogP contribution in [-0.4, -0.2) is 4.98 Å². The summed E-state index contributed by atoms with van der Waals surface area (Å²) in [5.41, 5.74) is 0.797. The van der Waals surface area contributed by atoms with Crippen molar-refractivity contribution >= 4 is 50.2 Å². The van der Waals surface area contributed by atoms with Gasteiger partial charge in [-0.15, -0.1) is 0 Å². The van der Waals surface area contributed by atoms with Crippen molar-refractivity contribution in [1.29, 1.82) is 0 Å². The Balaban J connectivity index is 3.00. The molecule has 1 aromatic heterocycles. The summed E-state index contributed by atoms with van der Waals surface area (Å²) >= 11 is 14.8. The van der Waals surface area contributed by atoms with Gasteiger partial charge in [-0.1, -0.05) is 23.2 Å². The molecule has 0 aliphatic rings. The van der Waals surface area contributed by atoms with Gasteiger partial charge in [-0.05, 0) is 22.0 Å². The number of halogens is 3. The predicted molar refractivity (Wildman–Crippen MR) is 54.6 cm³/mol. The molecule has 0 fully saturated rings. The van der Waals surface area contributed by atoms with Gasteiger partial charge in [0.1, 0.15) is 5.02 Å². The molecule has 0 amide bonds. The molecule has 0 aliphatic heterocycles. The number of oxazole rings is 1. The molecule has 0 saturated carbocycles. The molecule has 0 aliphatic carbocycles. The second-order valence-corrected chi connectivity index (χ2v) is 3.99. The first-order valence-corrected chi connectivity index (χ1v) is 4.81. The van der Waals surface area contributed by atoms with E-state index >= 15 is 0 Å². The molecule has 1 heterocycles. The Hall–Kier alpha value is -0.450. The van der Waals surface area contributed by atoms with Gasteiger partial charge in [0.2, 0.25) is 0 Å². The molecule has 1 N–H and O–H groups in total. The minimum absolute atomic E-state index is 0.226. The third-order valence-electron chi connectivity index (χ3n) is 1.55. The van der Waals surface area contributed by atoms with Crippen molar-refractivity contribution in [2.24, 2.45) is 0 Å². The van der Waals surface area contributed by atoms with Crippen molar-refractivity contribution in [2.45, 2.75) is 0 Å². The molecule has 2 aromatic rings. The molecular weight excluding hydrogens is 281 g/mol. The van der Waals surface area contributed by atoms with Gasteiger partial charge in [0.05, 0.1) is 10.5 Å². The Kier molecular flexibility index (Phi) is 2.14. The van der Waals surface area contributed by atoms with Gasteiger partial charge in [0, 0.05) is 4.47 Å². The normalized spacial score (nSPS) is 11.0. The fourth-order valence-electron chi connectivity index (χ4n) is 0.999. The highest BCUT2D eigenvalue weighted by Gasteiger charge is 2.12. The highest BCUT2D eigenvalue weighted by atomic mass is 79.9. The Labute approximate surface area is 90.8 Å². The lowest BCUT2D eigenvalue weighted by atomic mass is 10.3. The number of H-pyrrole nitrogens is 1. The fourth-order valence-corrected chi connectivity index (χ4v) is 1.92. The van der Waals surface area contributed by atoms with Crippen molar-refractivity contribution in [3.8, 4) is 0 Å². The highest BCUT2D eigenvalue weighted by molar-refractivity contribution is 9.10. The van der Waals surface area contributed by atoms with E-state index in [4.69, 9.17) is 27.6 Å². The Morgan fingerprint density at radius 1 is 1.38 bits per heavy atom. The van der Waals surface area contributed by atoms with E-state index in [1.54, 1.807) is 6.07 Å². The minimum Gasteiger partial charge on any atom is -0.406 e. The second kappa shape index (κ2) is 3.04. The number of hydrogen-bond donors (Lipinski definition) is 1.